The van der Waals surface area contributed by atoms with Crippen molar-refractivity contribution >= 4 is 12.2 Å². The van der Waals surface area contributed by atoms with Gasteiger partial charge < -0.3 is 18.6 Å². The normalized spacial score (nSPS) is 12.1. The van der Waals surface area contributed by atoms with E-state index in [0.717, 1.165) is 27.9 Å². The van der Waals surface area contributed by atoms with E-state index >= 15 is 0 Å². The molecule has 0 bridgehead atoms. The first-order valence-corrected chi connectivity index (χ1v) is 9.79. The SMILES string of the molecule is COc1cc(/C=C/c2nnc(-c3[nH]nc4c3Cc3cc(F)ccc3-4)o2)cc(OC)c1OC. The Kier molecular flexibility index (Phi) is 4.85. The summed E-state index contributed by atoms with van der Waals surface area (Å²) in [4.78, 5) is 0. The van der Waals surface area contributed by atoms with Crippen LogP contribution in [0.25, 0.3) is 35.0 Å². The Morgan fingerprint density at radius 3 is 2.50 bits per heavy atom. The van der Waals surface area contributed by atoms with Crippen LogP contribution in [0.4, 0.5) is 4.39 Å². The van der Waals surface area contributed by atoms with Gasteiger partial charge in [-0.3, -0.25) is 5.10 Å². The third-order valence-corrected chi connectivity index (χ3v) is 5.32. The average Bonchev–Trinajstić information content (AvgIpc) is 3.51. The predicted molar refractivity (Wildman–Crippen MR) is 115 cm³/mol. The molecule has 0 saturated carbocycles. The number of hydrogen-bond donors (Lipinski definition) is 1. The van der Waals surface area contributed by atoms with Gasteiger partial charge in [-0.15, -0.1) is 10.2 Å². The van der Waals surface area contributed by atoms with E-state index in [1.807, 2.05) is 12.1 Å². The van der Waals surface area contributed by atoms with E-state index in [4.69, 9.17) is 18.6 Å². The minimum Gasteiger partial charge on any atom is -0.493 e. The lowest BCUT2D eigenvalue weighted by atomic mass is 10.1. The first-order chi connectivity index (χ1) is 15.6. The van der Waals surface area contributed by atoms with Gasteiger partial charge in [-0.05, 0) is 47.5 Å². The van der Waals surface area contributed by atoms with Crippen LogP contribution in [0.15, 0.2) is 34.7 Å². The molecular formula is C23H19FN4O4. The van der Waals surface area contributed by atoms with Gasteiger partial charge in [-0.1, -0.05) is 0 Å². The van der Waals surface area contributed by atoms with Crippen molar-refractivity contribution in [3.8, 4) is 40.1 Å². The second-order valence-electron chi connectivity index (χ2n) is 7.14. The topological polar surface area (TPSA) is 95.3 Å². The fourth-order valence-electron chi connectivity index (χ4n) is 3.84. The highest BCUT2D eigenvalue weighted by molar-refractivity contribution is 5.79. The summed E-state index contributed by atoms with van der Waals surface area (Å²) in [6, 6.07) is 8.32. The Hall–Kier alpha value is -4.14. The van der Waals surface area contributed by atoms with Gasteiger partial charge in [-0.25, -0.2) is 4.39 Å². The van der Waals surface area contributed by atoms with Gasteiger partial charge in [0.1, 0.15) is 11.5 Å². The molecule has 2 aromatic carbocycles. The van der Waals surface area contributed by atoms with E-state index in [-0.39, 0.29) is 5.82 Å². The summed E-state index contributed by atoms with van der Waals surface area (Å²) in [5, 5.41) is 15.6. The summed E-state index contributed by atoms with van der Waals surface area (Å²) in [7, 11) is 4.67. The number of aromatic amines is 1. The minimum absolute atomic E-state index is 0.267. The van der Waals surface area contributed by atoms with Crippen LogP contribution >= 0.6 is 0 Å². The van der Waals surface area contributed by atoms with Crippen LogP contribution in [-0.4, -0.2) is 41.7 Å². The van der Waals surface area contributed by atoms with E-state index in [1.165, 1.54) is 12.1 Å². The van der Waals surface area contributed by atoms with Crippen molar-refractivity contribution in [2.45, 2.75) is 6.42 Å². The van der Waals surface area contributed by atoms with E-state index in [9.17, 15) is 4.39 Å². The zero-order chi connectivity index (χ0) is 22.2. The number of methoxy groups -OCH3 is 3. The maximum absolute atomic E-state index is 13.6. The number of fused-ring (bicyclic) bond motifs is 3. The molecule has 0 atom stereocenters. The van der Waals surface area contributed by atoms with Gasteiger partial charge in [0.05, 0.1) is 27.0 Å². The van der Waals surface area contributed by atoms with Crippen molar-refractivity contribution in [1.82, 2.24) is 20.4 Å². The Bertz CT molecular complexity index is 1320. The van der Waals surface area contributed by atoms with Crippen molar-refractivity contribution in [2.24, 2.45) is 0 Å². The number of benzene rings is 2. The molecule has 0 fully saturated rings. The van der Waals surface area contributed by atoms with Gasteiger partial charge in [0.15, 0.2) is 11.5 Å². The van der Waals surface area contributed by atoms with Crippen molar-refractivity contribution in [3.05, 3.63) is 58.7 Å². The van der Waals surface area contributed by atoms with Crippen molar-refractivity contribution in [2.75, 3.05) is 21.3 Å². The predicted octanol–water partition coefficient (Wildman–Crippen LogP) is 4.37. The molecule has 162 valence electrons. The number of halogens is 1. The molecule has 0 saturated heterocycles. The Morgan fingerprint density at radius 1 is 1.00 bits per heavy atom. The summed E-state index contributed by atoms with van der Waals surface area (Å²) in [5.41, 5.74) is 4.93. The standard InChI is InChI=1S/C23H19FN4O4/c1-29-17-8-12(9-18(30-2)22(17)31-3)4-7-19-25-28-23(32-19)21-16-11-13-10-14(24)5-6-15(13)20(16)26-27-21/h4-10H,11H2,1-3H3,(H,26,27)/b7-4+. The Balaban J connectivity index is 1.42. The molecule has 1 aliphatic carbocycles. The lowest BCUT2D eigenvalue weighted by Gasteiger charge is -2.12. The Labute approximate surface area is 182 Å². The number of H-pyrrole nitrogens is 1. The molecule has 9 heteroatoms. The molecule has 8 nitrogen and oxygen atoms in total. The van der Waals surface area contributed by atoms with Crippen LogP contribution in [0.1, 0.15) is 22.6 Å². The number of aromatic nitrogens is 4. The average molecular weight is 434 g/mol. The zero-order valence-corrected chi connectivity index (χ0v) is 17.6. The van der Waals surface area contributed by atoms with Crippen molar-refractivity contribution < 1.29 is 23.0 Å². The van der Waals surface area contributed by atoms with Crippen LogP contribution in [0.5, 0.6) is 17.2 Å². The highest BCUT2D eigenvalue weighted by atomic mass is 19.1. The summed E-state index contributed by atoms with van der Waals surface area (Å²) < 4.78 is 35.5. The third-order valence-electron chi connectivity index (χ3n) is 5.32. The molecule has 2 aromatic heterocycles. The fraction of sp³-hybridized carbons (Fsp3) is 0.174. The number of hydrogen-bond acceptors (Lipinski definition) is 7. The molecule has 5 rings (SSSR count). The largest absolute Gasteiger partial charge is 0.493 e. The van der Waals surface area contributed by atoms with E-state index in [2.05, 4.69) is 20.4 Å². The van der Waals surface area contributed by atoms with E-state index in [0.29, 0.717) is 41.1 Å². The number of ether oxygens (including phenoxy) is 3. The van der Waals surface area contributed by atoms with Crippen molar-refractivity contribution in [1.29, 1.82) is 0 Å². The smallest absolute Gasteiger partial charge is 0.266 e. The second-order valence-corrected chi connectivity index (χ2v) is 7.14. The van der Waals surface area contributed by atoms with Gasteiger partial charge in [0, 0.05) is 23.6 Å². The molecular weight excluding hydrogens is 415 g/mol. The van der Waals surface area contributed by atoms with Crippen molar-refractivity contribution in [3.63, 3.8) is 0 Å². The van der Waals surface area contributed by atoms with Crippen LogP contribution in [0.2, 0.25) is 0 Å². The molecule has 0 amide bonds. The summed E-state index contributed by atoms with van der Waals surface area (Å²) in [6.07, 6.45) is 4.04. The Morgan fingerprint density at radius 2 is 1.78 bits per heavy atom. The van der Waals surface area contributed by atoms with E-state index < -0.39 is 0 Å². The molecule has 1 aliphatic rings. The molecule has 32 heavy (non-hydrogen) atoms. The van der Waals surface area contributed by atoms with Crippen LogP contribution in [0.3, 0.4) is 0 Å². The molecule has 0 spiro atoms. The molecule has 1 N–H and O–H groups in total. The van der Waals surface area contributed by atoms with Crippen LogP contribution in [0, 0.1) is 5.82 Å². The molecule has 0 unspecified atom stereocenters. The lowest BCUT2D eigenvalue weighted by Crippen LogP contribution is -1.95. The fourth-order valence-corrected chi connectivity index (χ4v) is 3.84. The van der Waals surface area contributed by atoms with Crippen LogP contribution < -0.4 is 14.2 Å². The summed E-state index contributed by atoms with van der Waals surface area (Å²) >= 11 is 0. The number of rotatable bonds is 6. The minimum atomic E-state index is -0.267. The summed E-state index contributed by atoms with van der Waals surface area (Å²) in [5.74, 6) is 1.97. The van der Waals surface area contributed by atoms with Gasteiger partial charge in [-0.2, -0.15) is 5.10 Å². The van der Waals surface area contributed by atoms with Gasteiger partial charge >= 0.3 is 0 Å². The van der Waals surface area contributed by atoms with E-state index in [1.54, 1.807) is 39.5 Å². The summed E-state index contributed by atoms with van der Waals surface area (Å²) in [6.45, 7) is 0. The van der Waals surface area contributed by atoms with Crippen LogP contribution in [-0.2, 0) is 6.42 Å². The number of nitrogens with zero attached hydrogens (tertiary/aromatic N) is 3. The first-order valence-electron chi connectivity index (χ1n) is 9.79. The zero-order valence-electron chi connectivity index (χ0n) is 17.6. The third kappa shape index (κ3) is 3.27. The lowest BCUT2D eigenvalue weighted by molar-refractivity contribution is 0.324. The second kappa shape index (κ2) is 7.84. The highest BCUT2D eigenvalue weighted by Crippen LogP contribution is 2.40. The van der Waals surface area contributed by atoms with Gasteiger partial charge in [0.2, 0.25) is 11.6 Å². The quantitative estimate of drug-likeness (QED) is 0.424. The molecule has 0 aliphatic heterocycles. The monoisotopic (exact) mass is 434 g/mol. The highest BCUT2D eigenvalue weighted by Gasteiger charge is 2.27. The number of nitrogens with one attached hydrogen (secondary N) is 1. The maximum atomic E-state index is 13.6. The van der Waals surface area contributed by atoms with Gasteiger partial charge in [0.25, 0.3) is 5.89 Å². The molecule has 4 aromatic rings. The molecule has 2 heterocycles. The maximum Gasteiger partial charge on any atom is 0.266 e. The first kappa shape index (κ1) is 19.8. The molecule has 0 radical (unpaired) electrons.